The van der Waals surface area contributed by atoms with Crippen LogP contribution in [-0.2, 0) is 9.53 Å². The maximum absolute atomic E-state index is 11.6. The van der Waals surface area contributed by atoms with E-state index < -0.39 is 11.5 Å². The average Bonchev–Trinajstić information content (AvgIpc) is 2.26. The minimum absolute atomic E-state index is 0. The molecule has 1 atom stereocenters. The smallest absolute Gasteiger partial charge is 0.313 e. The summed E-state index contributed by atoms with van der Waals surface area (Å²) in [5.41, 5.74) is 6.26. The van der Waals surface area contributed by atoms with Crippen LogP contribution in [0.25, 0.3) is 0 Å². The molecular formula is C12H17BrClNO2. The highest BCUT2D eigenvalue weighted by Gasteiger charge is 2.36. The van der Waals surface area contributed by atoms with Crippen LogP contribution >= 0.6 is 28.3 Å². The zero-order valence-electron chi connectivity index (χ0n) is 10.1. The number of rotatable bonds is 3. The standard InChI is InChI=1S/C12H16BrNO2.ClH/c1-12(2,11(15)16-3)10(14)8-5-4-6-9(13)7-8;/h4-7,10H,14H2,1-3H3;1H/t10-;/m1./s1. The molecule has 1 aromatic carbocycles. The molecule has 0 heterocycles. The fourth-order valence-electron chi connectivity index (χ4n) is 1.51. The van der Waals surface area contributed by atoms with Crippen LogP contribution in [0, 0.1) is 5.41 Å². The van der Waals surface area contributed by atoms with Crippen molar-refractivity contribution in [2.45, 2.75) is 19.9 Å². The Bertz CT molecular complexity index is 396. The first kappa shape index (κ1) is 16.4. The molecule has 0 amide bonds. The maximum Gasteiger partial charge on any atom is 0.313 e. The van der Waals surface area contributed by atoms with E-state index in [0.29, 0.717) is 0 Å². The van der Waals surface area contributed by atoms with Crippen molar-refractivity contribution in [2.75, 3.05) is 7.11 Å². The Hall–Kier alpha value is -0.580. The summed E-state index contributed by atoms with van der Waals surface area (Å²) in [5.74, 6) is -0.306. The zero-order chi connectivity index (χ0) is 12.3. The molecular weight excluding hydrogens is 305 g/mol. The van der Waals surface area contributed by atoms with Crippen molar-refractivity contribution in [3.05, 3.63) is 34.3 Å². The number of hydrogen-bond acceptors (Lipinski definition) is 3. The van der Waals surface area contributed by atoms with Crippen LogP contribution in [0.3, 0.4) is 0 Å². The van der Waals surface area contributed by atoms with E-state index in [0.717, 1.165) is 10.0 Å². The van der Waals surface area contributed by atoms with E-state index in [2.05, 4.69) is 15.9 Å². The molecule has 3 nitrogen and oxygen atoms in total. The van der Waals surface area contributed by atoms with E-state index in [4.69, 9.17) is 10.5 Å². The quantitative estimate of drug-likeness (QED) is 0.870. The van der Waals surface area contributed by atoms with Gasteiger partial charge in [0.25, 0.3) is 0 Å². The van der Waals surface area contributed by atoms with Crippen LogP contribution in [0.4, 0.5) is 0 Å². The van der Waals surface area contributed by atoms with Gasteiger partial charge in [-0.25, -0.2) is 0 Å². The van der Waals surface area contributed by atoms with Crippen LogP contribution in [-0.4, -0.2) is 13.1 Å². The first-order valence-electron chi connectivity index (χ1n) is 4.99. The molecule has 0 aliphatic rings. The number of nitrogens with two attached hydrogens (primary N) is 1. The summed E-state index contributed by atoms with van der Waals surface area (Å²) in [5, 5.41) is 0. The van der Waals surface area contributed by atoms with Gasteiger partial charge in [-0.3, -0.25) is 4.79 Å². The molecule has 0 aromatic heterocycles. The molecule has 0 fully saturated rings. The Kier molecular flexibility index (Phi) is 6.16. The Morgan fingerprint density at radius 2 is 2.06 bits per heavy atom. The monoisotopic (exact) mass is 321 g/mol. The van der Waals surface area contributed by atoms with Crippen molar-refractivity contribution in [1.29, 1.82) is 0 Å². The normalized spacial score (nSPS) is 12.5. The van der Waals surface area contributed by atoms with Crippen LogP contribution in [0.2, 0.25) is 0 Å². The van der Waals surface area contributed by atoms with E-state index in [-0.39, 0.29) is 18.4 Å². The number of carbonyl (C=O) groups is 1. The first-order valence-corrected chi connectivity index (χ1v) is 5.78. The Labute approximate surface area is 116 Å². The van der Waals surface area contributed by atoms with Gasteiger partial charge in [0, 0.05) is 10.5 Å². The van der Waals surface area contributed by atoms with Gasteiger partial charge in [0.05, 0.1) is 12.5 Å². The third-order valence-corrected chi connectivity index (χ3v) is 3.19. The fourth-order valence-corrected chi connectivity index (χ4v) is 1.92. The minimum atomic E-state index is -0.741. The van der Waals surface area contributed by atoms with Crippen molar-refractivity contribution in [3.63, 3.8) is 0 Å². The highest BCUT2D eigenvalue weighted by Crippen LogP contribution is 2.33. The molecule has 2 N–H and O–H groups in total. The molecule has 0 spiro atoms. The fraction of sp³-hybridized carbons (Fsp3) is 0.417. The van der Waals surface area contributed by atoms with Gasteiger partial charge in [-0.15, -0.1) is 12.4 Å². The summed E-state index contributed by atoms with van der Waals surface area (Å²) in [7, 11) is 1.37. The first-order chi connectivity index (χ1) is 7.39. The van der Waals surface area contributed by atoms with E-state index in [1.54, 1.807) is 13.8 Å². The molecule has 0 aliphatic heterocycles. The highest BCUT2D eigenvalue weighted by atomic mass is 79.9. The maximum atomic E-state index is 11.6. The molecule has 1 rings (SSSR count). The molecule has 0 aliphatic carbocycles. The highest BCUT2D eigenvalue weighted by molar-refractivity contribution is 9.10. The lowest BCUT2D eigenvalue weighted by molar-refractivity contribution is -0.152. The average molecular weight is 323 g/mol. The second kappa shape index (κ2) is 6.38. The lowest BCUT2D eigenvalue weighted by atomic mass is 9.81. The van der Waals surface area contributed by atoms with E-state index in [1.165, 1.54) is 7.11 Å². The summed E-state index contributed by atoms with van der Waals surface area (Å²) in [6.07, 6.45) is 0. The zero-order valence-corrected chi connectivity index (χ0v) is 12.5. The predicted molar refractivity (Wildman–Crippen MR) is 74.1 cm³/mol. The van der Waals surface area contributed by atoms with Gasteiger partial charge in [0.15, 0.2) is 0 Å². The summed E-state index contributed by atoms with van der Waals surface area (Å²) < 4.78 is 5.70. The minimum Gasteiger partial charge on any atom is -0.469 e. The van der Waals surface area contributed by atoms with Gasteiger partial charge >= 0.3 is 5.97 Å². The van der Waals surface area contributed by atoms with E-state index in [9.17, 15) is 4.79 Å². The molecule has 0 unspecified atom stereocenters. The SMILES string of the molecule is COC(=O)C(C)(C)[C@H](N)c1cccc(Br)c1.Cl. The molecule has 0 saturated heterocycles. The number of esters is 1. The van der Waals surface area contributed by atoms with Gasteiger partial charge in [-0.05, 0) is 31.5 Å². The molecule has 17 heavy (non-hydrogen) atoms. The van der Waals surface area contributed by atoms with Crippen LogP contribution < -0.4 is 5.73 Å². The van der Waals surface area contributed by atoms with E-state index >= 15 is 0 Å². The Morgan fingerprint density at radius 3 is 2.53 bits per heavy atom. The molecule has 0 radical (unpaired) electrons. The third kappa shape index (κ3) is 3.69. The van der Waals surface area contributed by atoms with Crippen molar-refractivity contribution in [1.82, 2.24) is 0 Å². The molecule has 0 saturated carbocycles. The molecule has 0 bridgehead atoms. The van der Waals surface area contributed by atoms with Crippen molar-refractivity contribution >= 4 is 34.3 Å². The van der Waals surface area contributed by atoms with Gasteiger partial charge in [0.1, 0.15) is 0 Å². The second-order valence-corrected chi connectivity index (χ2v) is 5.16. The largest absolute Gasteiger partial charge is 0.469 e. The summed E-state index contributed by atoms with van der Waals surface area (Å²) in [6, 6.07) is 7.24. The summed E-state index contributed by atoms with van der Waals surface area (Å²) in [4.78, 5) is 11.6. The number of ether oxygens (including phenoxy) is 1. The molecule has 96 valence electrons. The Balaban J connectivity index is 0.00000256. The lowest BCUT2D eigenvalue weighted by Gasteiger charge is -2.29. The third-order valence-electron chi connectivity index (χ3n) is 2.70. The van der Waals surface area contributed by atoms with Crippen LogP contribution in [0.1, 0.15) is 25.5 Å². The topological polar surface area (TPSA) is 52.3 Å². The number of halogens is 2. The summed E-state index contributed by atoms with van der Waals surface area (Å²) >= 11 is 3.38. The molecule has 5 heteroatoms. The summed E-state index contributed by atoms with van der Waals surface area (Å²) in [6.45, 7) is 3.56. The Morgan fingerprint density at radius 1 is 1.47 bits per heavy atom. The van der Waals surface area contributed by atoms with Crippen LogP contribution in [0.15, 0.2) is 28.7 Å². The van der Waals surface area contributed by atoms with Crippen LogP contribution in [0.5, 0.6) is 0 Å². The van der Waals surface area contributed by atoms with Gasteiger partial charge in [0.2, 0.25) is 0 Å². The number of benzene rings is 1. The number of carbonyl (C=O) groups excluding carboxylic acids is 1. The predicted octanol–water partition coefficient (Wildman–Crippen LogP) is 3.07. The van der Waals surface area contributed by atoms with Gasteiger partial charge in [-0.1, -0.05) is 28.1 Å². The lowest BCUT2D eigenvalue weighted by Crippen LogP contribution is -2.37. The number of hydrogen-bond donors (Lipinski definition) is 1. The van der Waals surface area contributed by atoms with E-state index in [1.807, 2.05) is 24.3 Å². The van der Waals surface area contributed by atoms with Gasteiger partial charge in [-0.2, -0.15) is 0 Å². The van der Waals surface area contributed by atoms with Crippen molar-refractivity contribution in [3.8, 4) is 0 Å². The van der Waals surface area contributed by atoms with Gasteiger partial charge < -0.3 is 10.5 Å². The molecule has 1 aromatic rings. The number of methoxy groups -OCH3 is 1. The van der Waals surface area contributed by atoms with Crippen molar-refractivity contribution < 1.29 is 9.53 Å². The van der Waals surface area contributed by atoms with Crippen molar-refractivity contribution in [2.24, 2.45) is 11.1 Å². The second-order valence-electron chi connectivity index (χ2n) is 4.25.